The number of carbonyl (C=O) groups excluding carboxylic acids is 2. The number of nitrogen functional groups attached to an aromatic ring is 1. The van der Waals surface area contributed by atoms with Crippen LogP contribution in [-0.2, 0) is 14.1 Å². The van der Waals surface area contributed by atoms with Crippen molar-refractivity contribution in [3.8, 4) is 0 Å². The zero-order chi connectivity index (χ0) is 48.6. The predicted molar refractivity (Wildman–Crippen MR) is 287 cm³/mol. The summed E-state index contributed by atoms with van der Waals surface area (Å²) in [5, 5.41) is 27.5. The summed E-state index contributed by atoms with van der Waals surface area (Å²) in [7, 11) is 25.5. The van der Waals surface area contributed by atoms with Gasteiger partial charge in [0, 0.05) is 150 Å². The standard InChI is InChI=1S/C28H22N6O3.C19H18N4O.CH4.B7.2ClH/c1-33-16-13-23(14-17-33)30-20-6-8-22(9-7-20)32-28(35)19-2-4-21(5-3-19)31-26-12-15-29-27-18-24(34(36)37)10-11-25(26)27;1-23-12-10-18(11-13-23)21-16-6-8-17(9-7-16)22-19(24)14-2-4-15(20)5-3-14;;1-5-7(4)6(2)3;;/h2-18H,1H3,(H2,29,31,32,35);2-13H,1H3,(H3,20,22,24);1H4;;2*1H. The molecule has 8 aromatic rings. The number of pyridine rings is 3. The number of fused-ring (bicyclic) bond motifs is 1. The van der Waals surface area contributed by atoms with Crippen LogP contribution in [0.4, 0.5) is 56.9 Å². The summed E-state index contributed by atoms with van der Waals surface area (Å²) >= 11 is 0. The zero-order valence-corrected chi connectivity index (χ0v) is 39.6. The second kappa shape index (κ2) is 28.1. The number of aromatic nitrogens is 3. The quantitative estimate of drug-likeness (QED) is 0.0320. The number of rotatable bonds is 13. The minimum Gasteiger partial charge on any atom is -1.00 e. The van der Waals surface area contributed by atoms with Gasteiger partial charge in [-0.3, -0.25) is 24.7 Å². The Labute approximate surface area is 433 Å². The molecular weight excluding hydrogens is 927 g/mol. The van der Waals surface area contributed by atoms with E-state index in [1.54, 1.807) is 66.9 Å². The molecule has 0 spiro atoms. The highest BCUT2D eigenvalue weighted by atomic mass is 35.5. The van der Waals surface area contributed by atoms with Crippen LogP contribution in [0.1, 0.15) is 28.1 Å². The molecule has 0 aliphatic rings. The molecule has 0 unspecified atom stereocenters. The van der Waals surface area contributed by atoms with Crippen molar-refractivity contribution in [3.05, 3.63) is 198 Å². The second-order valence-corrected chi connectivity index (χ2v) is 15.3. The van der Waals surface area contributed by atoms with E-state index in [0.717, 1.165) is 45.2 Å². The molecule has 14 nitrogen and oxygen atoms in total. The number of halogens is 2. The van der Waals surface area contributed by atoms with Crippen LogP contribution in [-0.4, -0.2) is 72.5 Å². The lowest BCUT2D eigenvalue weighted by Gasteiger charge is -2.11. The molecule has 0 aliphatic heterocycles. The maximum absolute atomic E-state index is 12.7. The molecule has 0 bridgehead atoms. The number of benzene rings is 5. The van der Waals surface area contributed by atoms with Gasteiger partial charge in [0.05, 0.1) is 21.8 Å². The fourth-order valence-electron chi connectivity index (χ4n) is 6.16. The first-order valence-electron chi connectivity index (χ1n) is 21.1. The molecule has 71 heavy (non-hydrogen) atoms. The molecule has 0 aliphatic carbocycles. The molecular formula is C48H46B7Cl2N10O4. The Morgan fingerprint density at radius 1 is 0.606 bits per heavy atom. The van der Waals surface area contributed by atoms with Gasteiger partial charge in [0.2, 0.25) is 0 Å². The van der Waals surface area contributed by atoms with Crippen LogP contribution in [0.3, 0.4) is 0 Å². The van der Waals surface area contributed by atoms with E-state index in [2.05, 4.69) is 31.6 Å². The topological polar surface area (TPSA) is 184 Å². The van der Waals surface area contributed by atoms with Crippen molar-refractivity contribution < 1.29 is 48.5 Å². The average Bonchev–Trinajstić information content (AvgIpc) is 3.34. The smallest absolute Gasteiger partial charge is 0.271 e. The van der Waals surface area contributed by atoms with Crippen LogP contribution in [0, 0.1) is 10.1 Å². The van der Waals surface area contributed by atoms with Crippen LogP contribution in [0.15, 0.2) is 177 Å². The Kier molecular flexibility index (Phi) is 22.9. The van der Waals surface area contributed by atoms with Gasteiger partial charge in [-0.05, 0) is 109 Å². The first-order chi connectivity index (χ1) is 32.7. The lowest BCUT2D eigenvalue weighted by Crippen LogP contribution is -3.00. The van der Waals surface area contributed by atoms with E-state index in [1.165, 1.54) is 19.2 Å². The van der Waals surface area contributed by atoms with Crippen LogP contribution < -0.4 is 66.3 Å². The number of non-ortho nitro benzene ring substituents is 1. The number of anilines is 9. The molecule has 0 atom stereocenters. The number of nitrogens with zero attached hydrogens (tertiary/aromatic N) is 4. The monoisotopic (exact) mass is 973 g/mol. The van der Waals surface area contributed by atoms with Gasteiger partial charge in [0.1, 0.15) is 14.1 Å². The van der Waals surface area contributed by atoms with Crippen molar-refractivity contribution >= 4 is 130 Å². The van der Waals surface area contributed by atoms with Gasteiger partial charge in [0.15, 0.2) is 24.8 Å². The van der Waals surface area contributed by atoms with Crippen LogP contribution in [0.5, 0.6) is 0 Å². The number of aryl methyl sites for hydroxylation is 2. The first kappa shape index (κ1) is 57.7. The zero-order valence-electron chi connectivity index (χ0n) is 38.0. The molecule has 3 aromatic heterocycles. The van der Waals surface area contributed by atoms with Gasteiger partial charge in [-0.1, -0.05) is 7.43 Å². The van der Waals surface area contributed by atoms with E-state index in [0.29, 0.717) is 28.0 Å². The van der Waals surface area contributed by atoms with Gasteiger partial charge in [0.25, 0.3) is 17.5 Å². The third-order valence-electron chi connectivity index (χ3n) is 10.0. The summed E-state index contributed by atoms with van der Waals surface area (Å²) in [4.78, 5) is 39.7. The number of nitrogens with one attached hydrogen (secondary N) is 5. The van der Waals surface area contributed by atoms with E-state index in [4.69, 9.17) is 36.7 Å². The van der Waals surface area contributed by atoms with E-state index < -0.39 is 11.3 Å². The number of nitro groups is 1. The summed E-state index contributed by atoms with van der Waals surface area (Å²) in [6.07, 6.45) is 8.55. The summed E-state index contributed by atoms with van der Waals surface area (Å²) in [5.41, 5.74) is 14.7. The molecule has 9 radical (unpaired) electrons. The minimum atomic E-state index is -0.537. The Balaban J connectivity index is 0.000000338. The summed E-state index contributed by atoms with van der Waals surface area (Å²) in [6.45, 7) is 0. The Morgan fingerprint density at radius 3 is 1.41 bits per heavy atom. The number of hydrogen-bond acceptors (Lipinski definition) is 9. The van der Waals surface area contributed by atoms with E-state index in [-0.39, 0.29) is 56.1 Å². The van der Waals surface area contributed by atoms with Crippen LogP contribution in [0.2, 0.25) is 0 Å². The molecule has 7 N–H and O–H groups in total. The normalized spacial score (nSPS) is 9.72. The van der Waals surface area contributed by atoms with Crippen molar-refractivity contribution in [1.82, 2.24) is 4.98 Å². The van der Waals surface area contributed by atoms with E-state index >= 15 is 0 Å². The fraction of sp³-hybridized carbons (Fsp3) is 0.0625. The van der Waals surface area contributed by atoms with Crippen molar-refractivity contribution in [2.75, 3.05) is 32.3 Å². The number of nitrogens with two attached hydrogens (primary N) is 1. The third-order valence-corrected chi connectivity index (χ3v) is 10.0. The van der Waals surface area contributed by atoms with E-state index in [9.17, 15) is 19.7 Å². The molecule has 0 fully saturated rings. The average molecular weight is 974 g/mol. The number of nitro benzene ring substituents is 1. The largest absolute Gasteiger partial charge is 1.00 e. The molecule has 3 heterocycles. The number of hydrogen-bond donors (Lipinski definition) is 6. The Hall–Kier alpha value is -7.62. The van der Waals surface area contributed by atoms with Crippen molar-refractivity contribution in [1.29, 1.82) is 0 Å². The number of carbonyl (C=O) groups is 2. The maximum atomic E-state index is 12.7. The Morgan fingerprint density at radius 2 is 1.00 bits per heavy atom. The first-order valence-corrected chi connectivity index (χ1v) is 21.1. The SMILES string of the molecule is C.C[n+]1ccc(Nc2ccc(NC(=O)c3ccc(N)cc3)cc2)cc1.C[n+]1ccc(Nc2ccc(NC(=O)c3ccc(Nc4ccnc5cc([N+](=O)[O-])ccc45)cc3)cc2)cc1.[B][B]B([B])B([B])[B].[Cl-].[Cl-]. The summed E-state index contributed by atoms with van der Waals surface area (Å²) in [6, 6.07) is 43.3. The van der Waals surface area contributed by atoms with Crippen LogP contribution >= 0.6 is 0 Å². The fourth-order valence-corrected chi connectivity index (χ4v) is 6.16. The highest BCUT2D eigenvalue weighted by molar-refractivity contribution is 7.81. The van der Waals surface area contributed by atoms with Gasteiger partial charge < -0.3 is 57.1 Å². The highest BCUT2D eigenvalue weighted by Crippen LogP contribution is 2.28. The Bertz CT molecular complexity index is 2950. The second-order valence-electron chi connectivity index (χ2n) is 15.3. The maximum Gasteiger partial charge on any atom is 0.271 e. The highest BCUT2D eigenvalue weighted by Gasteiger charge is 2.12. The summed E-state index contributed by atoms with van der Waals surface area (Å²) < 4.78 is 3.93. The molecule has 8 rings (SSSR count). The molecule has 23 heteroatoms. The van der Waals surface area contributed by atoms with Crippen molar-refractivity contribution in [2.45, 2.75) is 7.43 Å². The van der Waals surface area contributed by atoms with Gasteiger partial charge in [-0.25, -0.2) is 9.13 Å². The third kappa shape index (κ3) is 17.7. The lowest BCUT2D eigenvalue weighted by molar-refractivity contribution is -0.671. The van der Waals surface area contributed by atoms with Crippen LogP contribution in [0.25, 0.3) is 10.9 Å². The lowest BCUT2D eigenvalue weighted by atomic mass is 8.76. The molecule has 2 amide bonds. The predicted octanol–water partition coefficient (Wildman–Crippen LogP) is 0.775. The van der Waals surface area contributed by atoms with Crippen molar-refractivity contribution in [3.63, 3.8) is 0 Å². The molecule has 0 saturated heterocycles. The molecule has 0 saturated carbocycles. The molecule has 5 aromatic carbocycles. The summed E-state index contributed by atoms with van der Waals surface area (Å²) in [5.74, 6) is -0.379. The number of amides is 2. The minimum absolute atomic E-state index is 0. The van der Waals surface area contributed by atoms with E-state index in [1.807, 2.05) is 121 Å². The van der Waals surface area contributed by atoms with Crippen molar-refractivity contribution in [2.24, 2.45) is 14.1 Å². The van der Waals surface area contributed by atoms with Gasteiger partial charge >= 0.3 is 0 Å². The van der Waals surface area contributed by atoms with Gasteiger partial charge in [-0.2, -0.15) is 0 Å². The molecule has 347 valence electrons. The van der Waals surface area contributed by atoms with Gasteiger partial charge in [-0.15, -0.1) is 0 Å².